The lowest BCUT2D eigenvalue weighted by Gasteiger charge is -2.21. The van der Waals surface area contributed by atoms with Crippen molar-refractivity contribution in [2.75, 3.05) is 6.54 Å². The lowest BCUT2D eigenvalue weighted by Crippen LogP contribution is -2.41. The van der Waals surface area contributed by atoms with Gasteiger partial charge in [0.2, 0.25) is 5.91 Å². The molecule has 0 fully saturated rings. The Bertz CT molecular complexity index is 389. The highest BCUT2D eigenvalue weighted by Crippen LogP contribution is 2.22. The van der Waals surface area contributed by atoms with E-state index in [1.165, 1.54) is 5.56 Å². The van der Waals surface area contributed by atoms with Crippen molar-refractivity contribution in [2.45, 2.75) is 52.0 Å². The van der Waals surface area contributed by atoms with E-state index in [1.807, 2.05) is 18.2 Å². The minimum Gasteiger partial charge on any atom is -0.352 e. The Kier molecular flexibility index (Phi) is 7.31. The number of carbonyl (C=O) groups is 1. The zero-order valence-corrected chi connectivity index (χ0v) is 12.9. The summed E-state index contributed by atoms with van der Waals surface area (Å²) in [6.45, 7) is 6.92. The predicted molar refractivity (Wildman–Crippen MR) is 84.5 cm³/mol. The van der Waals surface area contributed by atoms with Crippen LogP contribution in [0.2, 0.25) is 0 Å². The molecule has 1 amide bonds. The summed E-state index contributed by atoms with van der Waals surface area (Å²) in [6.07, 6.45) is 2.44. The summed E-state index contributed by atoms with van der Waals surface area (Å²) in [5.74, 6) is 0.936. The fourth-order valence-electron chi connectivity index (χ4n) is 2.52. The molecule has 0 aromatic heterocycles. The van der Waals surface area contributed by atoms with Crippen LogP contribution < -0.4 is 11.1 Å². The molecule has 1 aromatic carbocycles. The highest BCUT2D eigenvalue weighted by Gasteiger charge is 2.17. The first-order valence-corrected chi connectivity index (χ1v) is 7.61. The largest absolute Gasteiger partial charge is 0.352 e. The minimum absolute atomic E-state index is 0.0933. The normalized spacial score (nSPS) is 14.1. The molecule has 2 atom stereocenters. The Morgan fingerprint density at radius 3 is 2.40 bits per heavy atom. The Hall–Kier alpha value is -1.35. The van der Waals surface area contributed by atoms with E-state index in [0.717, 1.165) is 12.8 Å². The summed E-state index contributed by atoms with van der Waals surface area (Å²) in [5.41, 5.74) is 6.96. The number of carbonyl (C=O) groups excluding carboxylic acids is 1. The molecular formula is C17H28N2O. The van der Waals surface area contributed by atoms with E-state index in [4.69, 9.17) is 5.73 Å². The second kappa shape index (κ2) is 8.75. The van der Waals surface area contributed by atoms with Crippen LogP contribution in [-0.2, 0) is 4.79 Å². The number of amides is 1. The van der Waals surface area contributed by atoms with Crippen LogP contribution in [0.15, 0.2) is 30.3 Å². The van der Waals surface area contributed by atoms with Gasteiger partial charge in [-0.25, -0.2) is 0 Å². The number of hydrogen-bond donors (Lipinski definition) is 2. The van der Waals surface area contributed by atoms with Crippen molar-refractivity contribution in [2.24, 2.45) is 11.7 Å². The molecule has 0 spiro atoms. The zero-order chi connectivity index (χ0) is 15.0. The smallest absolute Gasteiger partial charge is 0.220 e. The van der Waals surface area contributed by atoms with Crippen LogP contribution in [0, 0.1) is 5.92 Å². The van der Waals surface area contributed by atoms with Crippen molar-refractivity contribution in [1.82, 2.24) is 5.32 Å². The van der Waals surface area contributed by atoms with Gasteiger partial charge in [0, 0.05) is 19.0 Å². The molecule has 20 heavy (non-hydrogen) atoms. The summed E-state index contributed by atoms with van der Waals surface area (Å²) in [6, 6.07) is 10.3. The number of rotatable bonds is 8. The monoisotopic (exact) mass is 276 g/mol. The lowest BCUT2D eigenvalue weighted by atomic mass is 9.92. The van der Waals surface area contributed by atoms with Gasteiger partial charge in [-0.05, 0) is 30.2 Å². The van der Waals surface area contributed by atoms with Gasteiger partial charge >= 0.3 is 0 Å². The van der Waals surface area contributed by atoms with Crippen molar-refractivity contribution in [3.8, 4) is 0 Å². The van der Waals surface area contributed by atoms with Gasteiger partial charge in [-0.2, -0.15) is 0 Å². The van der Waals surface area contributed by atoms with Crippen LogP contribution in [0.5, 0.6) is 0 Å². The molecule has 0 saturated carbocycles. The average molecular weight is 276 g/mol. The molecular weight excluding hydrogens is 248 g/mol. The highest BCUT2D eigenvalue weighted by atomic mass is 16.1. The first-order chi connectivity index (χ1) is 9.56. The predicted octanol–water partition coefficient (Wildman–Crippen LogP) is 3.06. The van der Waals surface area contributed by atoms with Crippen LogP contribution in [0.25, 0.3) is 0 Å². The van der Waals surface area contributed by atoms with E-state index in [0.29, 0.717) is 18.9 Å². The maximum atomic E-state index is 12.2. The second-order valence-electron chi connectivity index (χ2n) is 5.85. The molecule has 3 nitrogen and oxygen atoms in total. The topological polar surface area (TPSA) is 55.1 Å². The zero-order valence-electron chi connectivity index (χ0n) is 12.9. The molecule has 1 aromatic rings. The van der Waals surface area contributed by atoms with Crippen molar-refractivity contribution in [1.29, 1.82) is 0 Å². The van der Waals surface area contributed by atoms with Gasteiger partial charge in [0.1, 0.15) is 0 Å². The first-order valence-electron chi connectivity index (χ1n) is 7.61. The standard InChI is InChI=1S/C17H28N2O/c1-4-14(15-8-6-5-7-9-15)11-17(20)19-16(12-18)10-13(2)3/h5-9,13-14,16H,4,10-12,18H2,1-3H3,(H,19,20). The summed E-state index contributed by atoms with van der Waals surface area (Å²) in [4.78, 5) is 12.2. The van der Waals surface area contributed by atoms with Gasteiger partial charge in [0.15, 0.2) is 0 Å². The van der Waals surface area contributed by atoms with Gasteiger partial charge in [0.25, 0.3) is 0 Å². The molecule has 0 saturated heterocycles. The fraction of sp³-hybridized carbons (Fsp3) is 0.588. The quantitative estimate of drug-likeness (QED) is 0.766. The van der Waals surface area contributed by atoms with Crippen molar-refractivity contribution in [3.05, 3.63) is 35.9 Å². The number of nitrogens with one attached hydrogen (secondary N) is 1. The molecule has 0 aliphatic rings. The van der Waals surface area contributed by atoms with Crippen LogP contribution >= 0.6 is 0 Å². The van der Waals surface area contributed by atoms with Gasteiger partial charge < -0.3 is 11.1 Å². The van der Waals surface area contributed by atoms with E-state index in [9.17, 15) is 4.79 Å². The Morgan fingerprint density at radius 1 is 1.25 bits per heavy atom. The first kappa shape index (κ1) is 16.7. The van der Waals surface area contributed by atoms with Crippen LogP contribution in [0.1, 0.15) is 51.5 Å². The van der Waals surface area contributed by atoms with Crippen LogP contribution in [0.3, 0.4) is 0 Å². The number of nitrogens with two attached hydrogens (primary N) is 1. The van der Waals surface area contributed by atoms with E-state index < -0.39 is 0 Å². The lowest BCUT2D eigenvalue weighted by molar-refractivity contribution is -0.122. The van der Waals surface area contributed by atoms with Gasteiger partial charge in [-0.3, -0.25) is 4.79 Å². The molecule has 0 aliphatic carbocycles. The third kappa shape index (κ3) is 5.74. The second-order valence-corrected chi connectivity index (χ2v) is 5.85. The average Bonchev–Trinajstić information content (AvgIpc) is 2.44. The van der Waals surface area contributed by atoms with Crippen LogP contribution in [0.4, 0.5) is 0 Å². The Balaban J connectivity index is 2.55. The van der Waals surface area contributed by atoms with Crippen molar-refractivity contribution < 1.29 is 4.79 Å². The van der Waals surface area contributed by atoms with Crippen LogP contribution in [-0.4, -0.2) is 18.5 Å². The van der Waals surface area contributed by atoms with Gasteiger partial charge in [-0.15, -0.1) is 0 Å². The Morgan fingerprint density at radius 2 is 1.90 bits per heavy atom. The molecule has 112 valence electrons. The van der Waals surface area contributed by atoms with Crippen molar-refractivity contribution in [3.63, 3.8) is 0 Å². The minimum atomic E-state index is 0.0933. The molecule has 0 aliphatic heterocycles. The van der Waals surface area contributed by atoms with E-state index in [-0.39, 0.29) is 17.9 Å². The maximum absolute atomic E-state index is 12.2. The third-order valence-electron chi connectivity index (χ3n) is 3.60. The summed E-state index contributed by atoms with van der Waals surface area (Å²) >= 11 is 0. The summed E-state index contributed by atoms with van der Waals surface area (Å²) in [7, 11) is 0. The third-order valence-corrected chi connectivity index (χ3v) is 3.60. The SMILES string of the molecule is CCC(CC(=O)NC(CN)CC(C)C)c1ccccc1. The highest BCUT2D eigenvalue weighted by molar-refractivity contribution is 5.77. The number of benzene rings is 1. The molecule has 0 bridgehead atoms. The van der Waals surface area contributed by atoms with Crippen molar-refractivity contribution >= 4 is 5.91 Å². The molecule has 2 unspecified atom stereocenters. The molecule has 0 radical (unpaired) electrons. The molecule has 1 rings (SSSR count). The fourth-order valence-corrected chi connectivity index (χ4v) is 2.52. The van der Waals surface area contributed by atoms with Gasteiger partial charge in [0.05, 0.1) is 0 Å². The molecule has 3 N–H and O–H groups in total. The molecule has 3 heteroatoms. The Labute approximate surface area is 122 Å². The summed E-state index contributed by atoms with van der Waals surface area (Å²) in [5, 5.41) is 3.07. The van der Waals surface area contributed by atoms with E-state index in [1.54, 1.807) is 0 Å². The number of hydrogen-bond acceptors (Lipinski definition) is 2. The summed E-state index contributed by atoms with van der Waals surface area (Å²) < 4.78 is 0. The molecule has 0 heterocycles. The van der Waals surface area contributed by atoms with E-state index >= 15 is 0 Å². The van der Waals surface area contributed by atoms with E-state index in [2.05, 4.69) is 38.2 Å². The maximum Gasteiger partial charge on any atom is 0.220 e. The van der Waals surface area contributed by atoms with Gasteiger partial charge in [-0.1, -0.05) is 51.1 Å².